The van der Waals surface area contributed by atoms with Gasteiger partial charge in [-0.1, -0.05) is 31.4 Å². The third-order valence-electron chi connectivity index (χ3n) is 4.37. The third-order valence-corrected chi connectivity index (χ3v) is 4.37. The molecule has 0 radical (unpaired) electrons. The average molecular weight is 365 g/mol. The number of likely N-dealkylation sites (tertiary alicyclic amines) is 1. The van der Waals surface area contributed by atoms with Crippen LogP contribution in [0.25, 0.3) is 5.57 Å². The SMILES string of the molecule is C=C(C#N)N=CC(=C)c1ccc(C2CCCN2C(=O)OC(C)(C)C)cc1C. The number of aliphatic imine (C=N–C) groups is 1. The predicted molar refractivity (Wildman–Crippen MR) is 108 cm³/mol. The molecule has 0 spiro atoms. The summed E-state index contributed by atoms with van der Waals surface area (Å²) in [6.45, 7) is 15.9. The highest BCUT2D eigenvalue weighted by Gasteiger charge is 2.33. The van der Waals surface area contributed by atoms with Gasteiger partial charge in [-0.05, 0) is 62.8 Å². The second kappa shape index (κ2) is 8.22. The van der Waals surface area contributed by atoms with Crippen LogP contribution in [0.3, 0.4) is 0 Å². The summed E-state index contributed by atoms with van der Waals surface area (Å²) in [7, 11) is 0. The van der Waals surface area contributed by atoms with Gasteiger partial charge in [0.25, 0.3) is 0 Å². The van der Waals surface area contributed by atoms with Gasteiger partial charge in [0.1, 0.15) is 17.4 Å². The number of allylic oxidation sites excluding steroid dienone is 2. The van der Waals surface area contributed by atoms with Crippen molar-refractivity contribution in [3.8, 4) is 6.07 Å². The molecule has 1 unspecified atom stereocenters. The molecule has 1 atom stereocenters. The van der Waals surface area contributed by atoms with Crippen LogP contribution in [0.2, 0.25) is 0 Å². The van der Waals surface area contributed by atoms with Gasteiger partial charge in [0.05, 0.1) is 6.04 Å². The number of carbonyl (C=O) groups excluding carboxylic acids is 1. The Morgan fingerprint density at radius 3 is 2.70 bits per heavy atom. The lowest BCUT2D eigenvalue weighted by atomic mass is 9.96. The van der Waals surface area contributed by atoms with E-state index in [0.29, 0.717) is 12.1 Å². The minimum Gasteiger partial charge on any atom is -0.444 e. The summed E-state index contributed by atoms with van der Waals surface area (Å²) in [6, 6.07) is 7.99. The fourth-order valence-corrected chi connectivity index (χ4v) is 3.16. The van der Waals surface area contributed by atoms with Crippen molar-refractivity contribution in [3.05, 3.63) is 53.7 Å². The summed E-state index contributed by atoms with van der Waals surface area (Å²) in [4.78, 5) is 18.3. The van der Waals surface area contributed by atoms with Crippen molar-refractivity contribution in [2.75, 3.05) is 6.54 Å². The van der Waals surface area contributed by atoms with Crippen LogP contribution in [0.5, 0.6) is 0 Å². The second-order valence-electron chi connectivity index (χ2n) is 7.75. The molecular weight excluding hydrogens is 338 g/mol. The van der Waals surface area contributed by atoms with E-state index in [1.807, 2.05) is 50.8 Å². The van der Waals surface area contributed by atoms with Gasteiger partial charge in [0, 0.05) is 12.8 Å². The smallest absolute Gasteiger partial charge is 0.410 e. The first kappa shape index (κ1) is 20.4. The molecule has 1 amide bonds. The second-order valence-corrected chi connectivity index (χ2v) is 7.75. The topological polar surface area (TPSA) is 65.7 Å². The zero-order valence-corrected chi connectivity index (χ0v) is 16.6. The maximum Gasteiger partial charge on any atom is 0.410 e. The molecule has 1 aliphatic rings. The number of nitriles is 1. The van der Waals surface area contributed by atoms with Gasteiger partial charge in [-0.15, -0.1) is 0 Å². The molecule has 27 heavy (non-hydrogen) atoms. The summed E-state index contributed by atoms with van der Waals surface area (Å²) in [6.07, 6.45) is 3.16. The Morgan fingerprint density at radius 1 is 1.41 bits per heavy atom. The van der Waals surface area contributed by atoms with Gasteiger partial charge >= 0.3 is 6.09 Å². The first-order valence-corrected chi connectivity index (χ1v) is 9.05. The quantitative estimate of drug-likeness (QED) is 0.545. The molecular formula is C22H27N3O2. The van der Waals surface area contributed by atoms with E-state index in [1.165, 1.54) is 0 Å². The molecule has 1 aromatic carbocycles. The number of rotatable bonds is 4. The Balaban J connectivity index is 2.20. The average Bonchev–Trinajstić information content (AvgIpc) is 3.07. The normalized spacial score (nSPS) is 17.0. The number of aryl methyl sites for hydroxylation is 1. The van der Waals surface area contributed by atoms with Gasteiger partial charge < -0.3 is 9.64 Å². The van der Waals surface area contributed by atoms with Crippen molar-refractivity contribution < 1.29 is 9.53 Å². The monoisotopic (exact) mass is 365 g/mol. The minimum absolute atomic E-state index is 0.0212. The molecule has 0 aromatic heterocycles. The highest BCUT2D eigenvalue weighted by molar-refractivity contribution is 6.09. The highest BCUT2D eigenvalue weighted by Crippen LogP contribution is 2.34. The molecule has 5 nitrogen and oxygen atoms in total. The van der Waals surface area contributed by atoms with E-state index < -0.39 is 5.60 Å². The standard InChI is InChI=1S/C22H27N3O2/c1-15-12-18(9-10-19(15)16(2)14-24-17(3)13-23)20-8-7-11-25(20)21(26)27-22(4,5)6/h9-10,12,14,20H,2-3,7-8,11H2,1,4-6H3. The first-order chi connectivity index (χ1) is 12.6. The zero-order chi connectivity index (χ0) is 20.2. The van der Waals surface area contributed by atoms with Gasteiger partial charge in [-0.25, -0.2) is 9.79 Å². The predicted octanol–water partition coefficient (Wildman–Crippen LogP) is 5.19. The first-order valence-electron chi connectivity index (χ1n) is 9.05. The zero-order valence-electron chi connectivity index (χ0n) is 16.6. The van der Waals surface area contributed by atoms with Crippen LogP contribution in [0.4, 0.5) is 4.79 Å². The van der Waals surface area contributed by atoms with Gasteiger partial charge in [-0.2, -0.15) is 5.26 Å². The van der Waals surface area contributed by atoms with Crippen LogP contribution < -0.4 is 0 Å². The van der Waals surface area contributed by atoms with Crippen molar-refractivity contribution in [2.45, 2.75) is 52.2 Å². The van der Waals surface area contributed by atoms with Gasteiger partial charge in [0.2, 0.25) is 0 Å². The highest BCUT2D eigenvalue weighted by atomic mass is 16.6. The Kier molecular flexibility index (Phi) is 6.22. The largest absolute Gasteiger partial charge is 0.444 e. The van der Waals surface area contributed by atoms with E-state index in [1.54, 1.807) is 6.21 Å². The van der Waals surface area contributed by atoms with Crippen LogP contribution in [0.15, 0.2) is 42.0 Å². The number of hydrogen-bond acceptors (Lipinski definition) is 4. The molecule has 5 heteroatoms. The number of ether oxygens (including phenoxy) is 1. The van der Waals surface area contributed by atoms with E-state index in [4.69, 9.17) is 10.00 Å². The molecule has 1 aromatic rings. The Bertz CT molecular complexity index is 825. The lowest BCUT2D eigenvalue weighted by Crippen LogP contribution is -2.36. The lowest BCUT2D eigenvalue weighted by molar-refractivity contribution is 0.0224. The van der Waals surface area contributed by atoms with E-state index in [0.717, 1.165) is 29.5 Å². The molecule has 0 aliphatic carbocycles. The summed E-state index contributed by atoms with van der Waals surface area (Å²) in [5.74, 6) is 0. The molecule has 1 aliphatic heterocycles. The van der Waals surface area contributed by atoms with Crippen LogP contribution in [0.1, 0.15) is 56.3 Å². The number of carbonyl (C=O) groups is 1. The van der Waals surface area contributed by atoms with E-state index in [-0.39, 0.29) is 17.8 Å². The van der Waals surface area contributed by atoms with E-state index in [9.17, 15) is 4.79 Å². The molecule has 0 saturated carbocycles. The summed E-state index contributed by atoms with van der Waals surface area (Å²) in [5.41, 5.74) is 3.44. The van der Waals surface area contributed by atoms with Crippen LogP contribution in [-0.2, 0) is 4.74 Å². The Labute approximate surface area is 161 Å². The van der Waals surface area contributed by atoms with Gasteiger partial charge in [-0.3, -0.25) is 0 Å². The van der Waals surface area contributed by atoms with Crippen molar-refractivity contribution in [2.24, 2.45) is 4.99 Å². The van der Waals surface area contributed by atoms with Crippen LogP contribution >= 0.6 is 0 Å². The molecule has 1 saturated heterocycles. The fourth-order valence-electron chi connectivity index (χ4n) is 3.16. The van der Waals surface area contributed by atoms with Crippen molar-refractivity contribution in [3.63, 3.8) is 0 Å². The lowest BCUT2D eigenvalue weighted by Gasteiger charge is -2.29. The molecule has 142 valence electrons. The fraction of sp³-hybridized carbons (Fsp3) is 0.409. The number of hydrogen-bond donors (Lipinski definition) is 0. The van der Waals surface area contributed by atoms with Crippen LogP contribution in [0, 0.1) is 18.3 Å². The summed E-state index contributed by atoms with van der Waals surface area (Å²) in [5, 5.41) is 8.74. The van der Waals surface area contributed by atoms with Crippen molar-refractivity contribution in [1.29, 1.82) is 5.26 Å². The third kappa shape index (κ3) is 5.30. The molecule has 0 N–H and O–H groups in total. The number of benzene rings is 1. The maximum atomic E-state index is 12.5. The number of amides is 1. The molecule has 2 rings (SSSR count). The van der Waals surface area contributed by atoms with E-state index in [2.05, 4.69) is 24.2 Å². The van der Waals surface area contributed by atoms with Crippen molar-refractivity contribution in [1.82, 2.24) is 4.90 Å². The molecule has 1 heterocycles. The minimum atomic E-state index is -0.505. The number of nitrogens with zero attached hydrogens (tertiary/aromatic N) is 3. The molecule has 0 bridgehead atoms. The van der Waals surface area contributed by atoms with Gasteiger partial charge in [0.15, 0.2) is 0 Å². The maximum absolute atomic E-state index is 12.5. The summed E-state index contributed by atoms with van der Waals surface area (Å²) >= 11 is 0. The summed E-state index contributed by atoms with van der Waals surface area (Å²) < 4.78 is 5.55. The van der Waals surface area contributed by atoms with Crippen LogP contribution in [-0.4, -0.2) is 29.4 Å². The van der Waals surface area contributed by atoms with Crippen molar-refractivity contribution >= 4 is 17.9 Å². The molecule has 1 fully saturated rings. The Hall–Kier alpha value is -2.87. The van der Waals surface area contributed by atoms with E-state index >= 15 is 0 Å². The Morgan fingerprint density at radius 2 is 2.11 bits per heavy atom.